The number of halogens is 1. The van der Waals surface area contributed by atoms with Crippen molar-refractivity contribution in [2.24, 2.45) is 0 Å². The molecule has 2 amide bonds. The van der Waals surface area contributed by atoms with Crippen molar-refractivity contribution in [1.29, 1.82) is 0 Å². The van der Waals surface area contributed by atoms with Crippen LogP contribution in [0.5, 0.6) is 0 Å². The molecule has 3 aromatic rings. The van der Waals surface area contributed by atoms with Gasteiger partial charge in [0.05, 0.1) is 17.4 Å². The van der Waals surface area contributed by atoms with Gasteiger partial charge in [0.25, 0.3) is 11.8 Å². The van der Waals surface area contributed by atoms with Crippen LogP contribution in [0.1, 0.15) is 26.5 Å². The topological polar surface area (TPSA) is 84.2 Å². The summed E-state index contributed by atoms with van der Waals surface area (Å²) in [6.45, 7) is 0.400. The van der Waals surface area contributed by atoms with Crippen LogP contribution in [0, 0.1) is 5.82 Å². The zero-order valence-corrected chi connectivity index (χ0v) is 14.8. The Labute approximate surface area is 158 Å². The largest absolute Gasteiger partial charge is 0.448 e. The first-order valence-electron chi connectivity index (χ1n) is 8.18. The molecule has 0 unspecified atom stereocenters. The van der Waals surface area contributed by atoms with Crippen LogP contribution in [0.15, 0.2) is 63.2 Å². The Morgan fingerprint density at radius 2 is 2.11 bits per heavy atom. The van der Waals surface area contributed by atoms with Crippen LogP contribution in [-0.2, 0) is 6.42 Å². The highest BCUT2D eigenvalue weighted by molar-refractivity contribution is 7.99. The standard InChI is InChI=1S/C19H14FN3O3S/c20-12-2-3-14-17(8-12)27-16-4-1-11(7-15(16)23-19(14)25)18(24)22-6-5-13-9-21-10-26-13/h1-4,7-10H,5-6H2,(H,22,24)(H,23,25). The summed E-state index contributed by atoms with van der Waals surface area (Å²) in [4.78, 5) is 29.9. The number of benzene rings is 2. The highest BCUT2D eigenvalue weighted by atomic mass is 32.2. The normalized spacial score (nSPS) is 12.6. The molecule has 0 fully saturated rings. The van der Waals surface area contributed by atoms with Gasteiger partial charge >= 0.3 is 0 Å². The number of hydrogen-bond donors (Lipinski definition) is 2. The molecule has 1 aliphatic heterocycles. The number of rotatable bonds is 4. The molecule has 4 rings (SSSR count). The number of carbonyl (C=O) groups excluding carboxylic acids is 2. The van der Waals surface area contributed by atoms with Gasteiger partial charge in [0.1, 0.15) is 11.6 Å². The number of nitrogens with zero attached hydrogens (tertiary/aromatic N) is 1. The van der Waals surface area contributed by atoms with E-state index in [0.29, 0.717) is 40.4 Å². The quantitative estimate of drug-likeness (QED) is 0.720. The van der Waals surface area contributed by atoms with E-state index in [1.165, 1.54) is 36.4 Å². The minimum absolute atomic E-state index is 0.260. The van der Waals surface area contributed by atoms with Crippen LogP contribution in [-0.4, -0.2) is 23.3 Å². The van der Waals surface area contributed by atoms with Crippen LogP contribution in [0.3, 0.4) is 0 Å². The minimum atomic E-state index is -0.403. The van der Waals surface area contributed by atoms with Gasteiger partial charge in [-0.2, -0.15) is 0 Å². The molecule has 2 N–H and O–H groups in total. The molecular formula is C19H14FN3O3S. The zero-order chi connectivity index (χ0) is 18.8. The van der Waals surface area contributed by atoms with Gasteiger partial charge in [0, 0.05) is 28.3 Å². The van der Waals surface area contributed by atoms with Crippen LogP contribution in [0.2, 0.25) is 0 Å². The summed E-state index contributed by atoms with van der Waals surface area (Å²) in [6.07, 6.45) is 3.47. The van der Waals surface area contributed by atoms with Crippen LogP contribution in [0.25, 0.3) is 0 Å². The summed E-state index contributed by atoms with van der Waals surface area (Å²) in [7, 11) is 0. The summed E-state index contributed by atoms with van der Waals surface area (Å²) in [5.41, 5.74) is 1.34. The molecule has 0 saturated heterocycles. The average molecular weight is 383 g/mol. The number of aromatic nitrogens is 1. The average Bonchev–Trinajstić information content (AvgIpc) is 3.11. The van der Waals surface area contributed by atoms with Crippen LogP contribution >= 0.6 is 11.8 Å². The van der Waals surface area contributed by atoms with E-state index in [4.69, 9.17) is 4.42 Å². The Bertz CT molecular complexity index is 1020. The van der Waals surface area contributed by atoms with Crippen molar-refractivity contribution in [3.05, 3.63) is 71.7 Å². The highest BCUT2D eigenvalue weighted by Crippen LogP contribution is 2.39. The van der Waals surface area contributed by atoms with Crippen molar-refractivity contribution in [2.75, 3.05) is 11.9 Å². The molecule has 1 aliphatic rings. The fourth-order valence-electron chi connectivity index (χ4n) is 2.70. The monoisotopic (exact) mass is 383 g/mol. The summed E-state index contributed by atoms with van der Waals surface area (Å²) < 4.78 is 18.6. The van der Waals surface area contributed by atoms with E-state index in [1.807, 2.05) is 0 Å². The Morgan fingerprint density at radius 1 is 1.22 bits per heavy atom. The highest BCUT2D eigenvalue weighted by Gasteiger charge is 2.21. The molecule has 2 heterocycles. The van der Waals surface area contributed by atoms with Crippen molar-refractivity contribution in [2.45, 2.75) is 16.2 Å². The predicted molar refractivity (Wildman–Crippen MR) is 97.5 cm³/mol. The first-order valence-corrected chi connectivity index (χ1v) is 9.00. The summed E-state index contributed by atoms with van der Waals surface area (Å²) >= 11 is 1.28. The second kappa shape index (κ2) is 7.24. The molecule has 27 heavy (non-hydrogen) atoms. The maximum Gasteiger partial charge on any atom is 0.256 e. The number of hydrogen-bond acceptors (Lipinski definition) is 5. The molecule has 1 aromatic heterocycles. The van der Waals surface area contributed by atoms with Gasteiger partial charge in [-0.05, 0) is 36.4 Å². The van der Waals surface area contributed by atoms with E-state index < -0.39 is 5.82 Å². The minimum Gasteiger partial charge on any atom is -0.448 e. The molecule has 0 saturated carbocycles. The van der Waals surface area contributed by atoms with Crippen LogP contribution < -0.4 is 10.6 Å². The van der Waals surface area contributed by atoms with Gasteiger partial charge in [0.2, 0.25) is 0 Å². The van der Waals surface area contributed by atoms with Gasteiger partial charge in [-0.25, -0.2) is 9.37 Å². The zero-order valence-electron chi connectivity index (χ0n) is 14.0. The van der Waals surface area contributed by atoms with Gasteiger partial charge in [-0.3, -0.25) is 9.59 Å². The van der Waals surface area contributed by atoms with Gasteiger partial charge in [-0.15, -0.1) is 0 Å². The molecule has 0 aliphatic carbocycles. The molecule has 0 atom stereocenters. The maximum absolute atomic E-state index is 13.5. The van der Waals surface area contributed by atoms with E-state index in [9.17, 15) is 14.0 Å². The van der Waals surface area contributed by atoms with Gasteiger partial charge in [-0.1, -0.05) is 11.8 Å². The molecule has 0 spiro atoms. The number of fused-ring (bicyclic) bond motifs is 2. The first-order chi connectivity index (χ1) is 13.1. The summed E-state index contributed by atoms with van der Waals surface area (Å²) in [5.74, 6) is -0.311. The number of oxazole rings is 1. The van der Waals surface area contributed by atoms with Crippen molar-refractivity contribution >= 4 is 29.3 Å². The Hall–Kier alpha value is -3.13. The van der Waals surface area contributed by atoms with E-state index >= 15 is 0 Å². The Kier molecular flexibility index (Phi) is 4.64. The lowest BCUT2D eigenvalue weighted by Gasteiger charge is -2.09. The van der Waals surface area contributed by atoms with Crippen LogP contribution in [0.4, 0.5) is 10.1 Å². The smallest absolute Gasteiger partial charge is 0.256 e. The molecule has 6 nitrogen and oxygen atoms in total. The number of anilines is 1. The lowest BCUT2D eigenvalue weighted by molar-refractivity contribution is 0.0952. The number of nitrogens with one attached hydrogen (secondary N) is 2. The number of carbonyl (C=O) groups is 2. The molecular weight excluding hydrogens is 369 g/mol. The third-order valence-corrected chi connectivity index (χ3v) is 5.17. The molecule has 0 radical (unpaired) electrons. The number of amides is 2. The summed E-state index contributed by atoms with van der Waals surface area (Å²) in [5, 5.41) is 5.59. The van der Waals surface area contributed by atoms with Crippen molar-refractivity contribution in [3.63, 3.8) is 0 Å². The summed E-state index contributed by atoms with van der Waals surface area (Å²) in [6, 6.07) is 9.07. The predicted octanol–water partition coefficient (Wildman–Crippen LogP) is 3.50. The van der Waals surface area contributed by atoms with Gasteiger partial charge in [0.15, 0.2) is 6.39 Å². The van der Waals surface area contributed by atoms with Crippen molar-refractivity contribution in [1.82, 2.24) is 10.3 Å². The van der Waals surface area contributed by atoms with Crippen molar-refractivity contribution in [3.8, 4) is 0 Å². The SMILES string of the molecule is O=C(NCCc1cnco1)c1ccc2c(c1)NC(=O)c1ccc(F)cc1S2. The first kappa shape index (κ1) is 17.3. The molecule has 136 valence electrons. The lowest BCUT2D eigenvalue weighted by Crippen LogP contribution is -2.25. The molecule has 8 heteroatoms. The second-order valence-electron chi connectivity index (χ2n) is 5.88. The van der Waals surface area contributed by atoms with E-state index in [0.717, 1.165) is 4.90 Å². The fraction of sp³-hybridized carbons (Fsp3) is 0.105. The molecule has 2 aromatic carbocycles. The third-order valence-electron chi connectivity index (χ3n) is 4.04. The Morgan fingerprint density at radius 3 is 2.93 bits per heavy atom. The maximum atomic E-state index is 13.5. The molecule has 0 bridgehead atoms. The van der Waals surface area contributed by atoms with Crippen molar-refractivity contribution < 1.29 is 18.4 Å². The van der Waals surface area contributed by atoms with E-state index in [-0.39, 0.29) is 11.8 Å². The van der Waals surface area contributed by atoms with E-state index in [1.54, 1.807) is 24.4 Å². The third kappa shape index (κ3) is 3.70. The lowest BCUT2D eigenvalue weighted by atomic mass is 10.1. The van der Waals surface area contributed by atoms with E-state index in [2.05, 4.69) is 15.6 Å². The Balaban J connectivity index is 1.51. The second-order valence-corrected chi connectivity index (χ2v) is 6.97. The van der Waals surface area contributed by atoms with Gasteiger partial charge < -0.3 is 15.1 Å². The fourth-order valence-corrected chi connectivity index (χ4v) is 3.74.